The summed E-state index contributed by atoms with van der Waals surface area (Å²) >= 11 is 0. The van der Waals surface area contributed by atoms with Gasteiger partial charge < -0.3 is 4.42 Å². The van der Waals surface area contributed by atoms with Crippen molar-refractivity contribution < 1.29 is 4.42 Å². The summed E-state index contributed by atoms with van der Waals surface area (Å²) in [5.74, 6) is 0.985. The molecule has 1 atom stereocenters. The van der Waals surface area contributed by atoms with E-state index >= 15 is 0 Å². The average molecular weight is 163 g/mol. The number of aryl methyl sites for hydroxylation is 1. The topological polar surface area (TPSA) is 61.9 Å². The maximum atomic E-state index is 8.31. The summed E-state index contributed by atoms with van der Waals surface area (Å²) in [5, 5.41) is 3.72. The maximum absolute atomic E-state index is 8.31. The van der Waals surface area contributed by atoms with E-state index < -0.39 is 0 Å². The van der Waals surface area contributed by atoms with Crippen LogP contribution in [0.25, 0.3) is 10.4 Å². The monoisotopic (exact) mass is 163 g/mol. The Kier molecular flexibility index (Phi) is 1.76. The summed E-state index contributed by atoms with van der Waals surface area (Å²) in [6.07, 6.45) is 4.62. The molecule has 0 unspecified atom stereocenters. The van der Waals surface area contributed by atoms with Gasteiger partial charge in [0.1, 0.15) is 5.76 Å². The molecule has 0 N–H and O–H groups in total. The van der Waals surface area contributed by atoms with Crippen LogP contribution in [0.5, 0.6) is 0 Å². The van der Waals surface area contributed by atoms with E-state index in [-0.39, 0.29) is 6.04 Å². The predicted molar refractivity (Wildman–Crippen MR) is 43.5 cm³/mol. The zero-order valence-electron chi connectivity index (χ0n) is 6.60. The van der Waals surface area contributed by atoms with Crippen LogP contribution in [-0.4, -0.2) is 0 Å². The lowest BCUT2D eigenvalue weighted by Gasteiger charge is -2.15. The molecule has 0 aliphatic heterocycles. The Balaban J connectivity index is 2.37. The Labute approximate surface area is 69.8 Å². The fourth-order valence-electron chi connectivity index (χ4n) is 1.64. The zero-order valence-corrected chi connectivity index (χ0v) is 6.60. The van der Waals surface area contributed by atoms with Crippen LogP contribution in [0.15, 0.2) is 21.9 Å². The van der Waals surface area contributed by atoms with Crippen LogP contribution in [0.4, 0.5) is 0 Å². The molecule has 0 saturated carbocycles. The molecule has 0 spiro atoms. The van der Waals surface area contributed by atoms with Crippen molar-refractivity contribution >= 4 is 0 Å². The van der Waals surface area contributed by atoms with E-state index in [1.54, 1.807) is 6.26 Å². The standard InChI is InChI=1S/C8H9N3O/c9-11-10-7-2-1-3-8-6(7)4-5-12-8/h4-5,7H,1-3H2/t7-/m1/s1. The quantitative estimate of drug-likeness (QED) is 0.356. The van der Waals surface area contributed by atoms with Gasteiger partial charge in [0.05, 0.1) is 12.3 Å². The lowest BCUT2D eigenvalue weighted by Crippen LogP contribution is -2.04. The molecule has 4 heteroatoms. The van der Waals surface area contributed by atoms with Crippen LogP contribution in [0.1, 0.15) is 30.2 Å². The van der Waals surface area contributed by atoms with E-state index in [1.807, 2.05) is 6.07 Å². The van der Waals surface area contributed by atoms with Crippen molar-refractivity contribution in [3.8, 4) is 0 Å². The van der Waals surface area contributed by atoms with Crippen LogP contribution in [-0.2, 0) is 6.42 Å². The van der Waals surface area contributed by atoms with Gasteiger partial charge in [-0.05, 0) is 24.4 Å². The minimum absolute atomic E-state index is 0.00231. The number of hydrogen-bond acceptors (Lipinski definition) is 2. The summed E-state index contributed by atoms with van der Waals surface area (Å²) in [6, 6.07) is 1.89. The molecule has 1 heterocycles. The third-order valence-corrected chi connectivity index (χ3v) is 2.21. The SMILES string of the molecule is [N-]=[N+]=N[C@@H]1CCCc2occc21. The van der Waals surface area contributed by atoms with Crippen molar-refractivity contribution in [1.29, 1.82) is 0 Å². The number of rotatable bonds is 1. The first-order chi connectivity index (χ1) is 5.92. The minimum atomic E-state index is -0.00231. The predicted octanol–water partition coefficient (Wildman–Crippen LogP) is 2.97. The average Bonchev–Trinajstić information content (AvgIpc) is 2.53. The van der Waals surface area contributed by atoms with Gasteiger partial charge in [-0.15, -0.1) is 0 Å². The van der Waals surface area contributed by atoms with Crippen molar-refractivity contribution in [2.45, 2.75) is 25.3 Å². The molecule has 0 saturated heterocycles. The highest BCUT2D eigenvalue weighted by Crippen LogP contribution is 2.33. The van der Waals surface area contributed by atoms with Gasteiger partial charge >= 0.3 is 0 Å². The first-order valence-electron chi connectivity index (χ1n) is 4.02. The van der Waals surface area contributed by atoms with E-state index in [1.165, 1.54) is 0 Å². The third kappa shape index (κ3) is 1.06. The van der Waals surface area contributed by atoms with E-state index in [0.29, 0.717) is 0 Å². The van der Waals surface area contributed by atoms with Gasteiger partial charge in [0.15, 0.2) is 0 Å². The van der Waals surface area contributed by atoms with Crippen LogP contribution >= 0.6 is 0 Å². The summed E-state index contributed by atoms with van der Waals surface area (Å²) in [6.45, 7) is 0. The second-order valence-electron chi connectivity index (χ2n) is 2.91. The first-order valence-corrected chi connectivity index (χ1v) is 4.02. The molecule has 2 rings (SSSR count). The van der Waals surface area contributed by atoms with Crippen molar-refractivity contribution in [2.24, 2.45) is 5.11 Å². The Morgan fingerprint density at radius 3 is 3.42 bits per heavy atom. The van der Waals surface area contributed by atoms with Gasteiger partial charge in [0.25, 0.3) is 0 Å². The summed E-state index contributed by atoms with van der Waals surface area (Å²) in [5.41, 5.74) is 9.38. The summed E-state index contributed by atoms with van der Waals surface area (Å²) in [7, 11) is 0. The lowest BCUT2D eigenvalue weighted by atomic mass is 9.94. The van der Waals surface area contributed by atoms with Crippen LogP contribution in [0.3, 0.4) is 0 Å². The Bertz CT molecular complexity index is 325. The molecule has 0 amide bonds. The van der Waals surface area contributed by atoms with Crippen molar-refractivity contribution in [3.63, 3.8) is 0 Å². The highest BCUT2D eigenvalue weighted by atomic mass is 16.3. The number of azide groups is 1. The molecule has 0 bridgehead atoms. The van der Waals surface area contributed by atoms with Crippen molar-refractivity contribution in [3.05, 3.63) is 34.1 Å². The molecule has 0 aromatic carbocycles. The van der Waals surface area contributed by atoms with Gasteiger partial charge in [-0.2, -0.15) is 0 Å². The van der Waals surface area contributed by atoms with Gasteiger partial charge in [-0.1, -0.05) is 5.11 Å². The zero-order chi connectivity index (χ0) is 8.39. The highest BCUT2D eigenvalue weighted by molar-refractivity contribution is 5.24. The largest absolute Gasteiger partial charge is 0.469 e. The first kappa shape index (κ1) is 7.25. The normalized spacial score (nSPS) is 21.2. The van der Waals surface area contributed by atoms with Crippen molar-refractivity contribution in [1.82, 2.24) is 0 Å². The molecule has 0 radical (unpaired) electrons. The fourth-order valence-corrected chi connectivity index (χ4v) is 1.64. The summed E-state index contributed by atoms with van der Waals surface area (Å²) < 4.78 is 5.25. The molecular formula is C8H9N3O. The van der Waals surface area contributed by atoms with E-state index in [0.717, 1.165) is 30.6 Å². The lowest BCUT2D eigenvalue weighted by molar-refractivity contribution is 0.453. The molecule has 1 aliphatic rings. The minimum Gasteiger partial charge on any atom is -0.469 e. The number of furan rings is 1. The van der Waals surface area contributed by atoms with Gasteiger partial charge in [-0.3, -0.25) is 0 Å². The number of nitrogens with zero attached hydrogens (tertiary/aromatic N) is 3. The fraction of sp³-hybridized carbons (Fsp3) is 0.500. The van der Waals surface area contributed by atoms with Gasteiger partial charge in [0, 0.05) is 16.9 Å². The number of hydrogen-bond donors (Lipinski definition) is 0. The molecule has 1 aromatic rings. The molecular weight excluding hydrogens is 154 g/mol. The van der Waals surface area contributed by atoms with Gasteiger partial charge in [-0.25, -0.2) is 0 Å². The maximum Gasteiger partial charge on any atom is 0.107 e. The second kappa shape index (κ2) is 2.91. The Morgan fingerprint density at radius 1 is 1.67 bits per heavy atom. The van der Waals surface area contributed by atoms with E-state index in [2.05, 4.69) is 10.0 Å². The number of fused-ring (bicyclic) bond motifs is 1. The van der Waals surface area contributed by atoms with Crippen LogP contribution in [0.2, 0.25) is 0 Å². The second-order valence-corrected chi connectivity index (χ2v) is 2.91. The molecule has 1 aliphatic carbocycles. The smallest absolute Gasteiger partial charge is 0.107 e. The molecule has 62 valence electrons. The molecule has 0 fully saturated rings. The van der Waals surface area contributed by atoms with E-state index in [9.17, 15) is 0 Å². The molecule has 1 aromatic heterocycles. The summed E-state index contributed by atoms with van der Waals surface area (Å²) in [4.78, 5) is 2.82. The molecule has 4 nitrogen and oxygen atoms in total. The Morgan fingerprint density at radius 2 is 2.58 bits per heavy atom. The van der Waals surface area contributed by atoms with Crippen LogP contribution in [0, 0.1) is 0 Å². The van der Waals surface area contributed by atoms with Gasteiger partial charge in [0.2, 0.25) is 0 Å². The highest BCUT2D eigenvalue weighted by Gasteiger charge is 2.20. The molecule has 12 heavy (non-hydrogen) atoms. The Hall–Kier alpha value is -1.41. The third-order valence-electron chi connectivity index (χ3n) is 2.21. The van der Waals surface area contributed by atoms with Crippen LogP contribution < -0.4 is 0 Å². The van der Waals surface area contributed by atoms with E-state index in [4.69, 9.17) is 9.95 Å². The van der Waals surface area contributed by atoms with Crippen molar-refractivity contribution in [2.75, 3.05) is 0 Å².